The van der Waals surface area contributed by atoms with Crippen molar-refractivity contribution < 1.29 is 14.7 Å². The first-order valence-corrected chi connectivity index (χ1v) is 6.14. The van der Waals surface area contributed by atoms with Crippen LogP contribution < -0.4 is 5.56 Å². The molecule has 1 aromatic rings. The third-order valence-corrected chi connectivity index (χ3v) is 3.55. The smallest absolute Gasteiger partial charge is 0.311 e. The molecule has 6 nitrogen and oxygen atoms in total. The molecule has 6 heteroatoms. The van der Waals surface area contributed by atoms with Gasteiger partial charge in [0.2, 0.25) is 0 Å². The lowest BCUT2D eigenvalue weighted by atomic mass is 9.82. The topological polar surface area (TPSA) is 90.5 Å². The maximum absolute atomic E-state index is 12.2. The number of likely N-dealkylation sites (tertiary alicyclic amines) is 1. The Balaban J connectivity index is 2.23. The molecule has 1 aromatic heterocycles. The number of H-pyrrole nitrogens is 1. The predicted molar refractivity (Wildman–Crippen MR) is 67.9 cm³/mol. The van der Waals surface area contributed by atoms with Gasteiger partial charge in [0.05, 0.1) is 5.41 Å². The summed E-state index contributed by atoms with van der Waals surface area (Å²) in [7, 11) is 0. The molecule has 1 aliphatic heterocycles. The number of carboxylic acid groups (broad SMARTS) is 1. The number of pyridine rings is 1. The summed E-state index contributed by atoms with van der Waals surface area (Å²) in [6.07, 6.45) is 2.62. The second kappa shape index (κ2) is 4.87. The number of nitrogens with one attached hydrogen (secondary N) is 1. The second-order valence-corrected chi connectivity index (χ2v) is 5.11. The molecule has 1 unspecified atom stereocenters. The van der Waals surface area contributed by atoms with E-state index in [0.717, 1.165) is 0 Å². The molecule has 0 spiro atoms. The van der Waals surface area contributed by atoms with Crippen LogP contribution in [-0.2, 0) is 4.79 Å². The monoisotopic (exact) mass is 264 g/mol. The molecule has 2 N–H and O–H groups in total. The maximum Gasteiger partial charge on any atom is 0.311 e. The van der Waals surface area contributed by atoms with Gasteiger partial charge in [-0.1, -0.05) is 0 Å². The van der Waals surface area contributed by atoms with Crippen molar-refractivity contribution in [2.75, 3.05) is 13.1 Å². The number of carbonyl (C=O) groups is 2. The Labute approximate surface area is 110 Å². The number of piperidine rings is 1. The number of aliphatic carboxylic acids is 1. The average molecular weight is 264 g/mol. The zero-order valence-electron chi connectivity index (χ0n) is 10.7. The van der Waals surface area contributed by atoms with E-state index in [1.807, 2.05) is 0 Å². The first-order valence-electron chi connectivity index (χ1n) is 6.14. The molecule has 1 amide bonds. The number of hydrogen-bond donors (Lipinski definition) is 2. The van der Waals surface area contributed by atoms with Crippen molar-refractivity contribution in [2.45, 2.75) is 19.8 Å². The van der Waals surface area contributed by atoms with Gasteiger partial charge in [0, 0.05) is 19.3 Å². The molecule has 102 valence electrons. The number of rotatable bonds is 2. The molecule has 0 aliphatic carbocycles. The van der Waals surface area contributed by atoms with Gasteiger partial charge in [0.1, 0.15) is 5.56 Å². The molecular formula is C13H16N2O4. The molecule has 2 heterocycles. The first-order chi connectivity index (χ1) is 8.94. The van der Waals surface area contributed by atoms with Gasteiger partial charge in [-0.2, -0.15) is 0 Å². The fraction of sp³-hybridized carbons (Fsp3) is 0.462. The highest BCUT2D eigenvalue weighted by molar-refractivity contribution is 5.94. The third kappa shape index (κ3) is 2.52. The van der Waals surface area contributed by atoms with Gasteiger partial charge in [-0.3, -0.25) is 14.4 Å². The van der Waals surface area contributed by atoms with Crippen molar-refractivity contribution in [3.63, 3.8) is 0 Å². The lowest BCUT2D eigenvalue weighted by Gasteiger charge is -2.37. The van der Waals surface area contributed by atoms with Crippen LogP contribution in [0.2, 0.25) is 0 Å². The van der Waals surface area contributed by atoms with Crippen molar-refractivity contribution >= 4 is 11.9 Å². The van der Waals surface area contributed by atoms with Crippen molar-refractivity contribution in [1.29, 1.82) is 0 Å². The van der Waals surface area contributed by atoms with Gasteiger partial charge < -0.3 is 15.0 Å². The summed E-state index contributed by atoms with van der Waals surface area (Å²) in [5.41, 5.74) is -1.33. The Kier molecular flexibility index (Phi) is 3.42. The van der Waals surface area contributed by atoms with Gasteiger partial charge in [0.25, 0.3) is 11.5 Å². The maximum atomic E-state index is 12.2. The Hall–Kier alpha value is -2.11. The zero-order valence-corrected chi connectivity index (χ0v) is 10.7. The van der Waals surface area contributed by atoms with E-state index in [-0.39, 0.29) is 12.1 Å². The van der Waals surface area contributed by atoms with Crippen molar-refractivity contribution in [1.82, 2.24) is 9.88 Å². The molecular weight excluding hydrogens is 248 g/mol. The molecule has 0 bridgehead atoms. The molecule has 19 heavy (non-hydrogen) atoms. The van der Waals surface area contributed by atoms with E-state index in [1.54, 1.807) is 13.0 Å². The molecule has 1 fully saturated rings. The molecule has 0 aromatic carbocycles. The Morgan fingerprint density at radius 2 is 2.21 bits per heavy atom. The van der Waals surface area contributed by atoms with Crippen molar-refractivity contribution in [3.8, 4) is 0 Å². The summed E-state index contributed by atoms with van der Waals surface area (Å²) in [4.78, 5) is 39.0. The quantitative estimate of drug-likeness (QED) is 0.822. The van der Waals surface area contributed by atoms with Crippen LogP contribution in [0.3, 0.4) is 0 Å². The summed E-state index contributed by atoms with van der Waals surface area (Å²) in [5, 5.41) is 9.22. The normalized spacial score (nSPS) is 23.1. The van der Waals surface area contributed by atoms with Crippen LogP contribution in [0.15, 0.2) is 23.1 Å². The number of aromatic amines is 1. The second-order valence-electron chi connectivity index (χ2n) is 5.11. The van der Waals surface area contributed by atoms with Crippen LogP contribution in [0.5, 0.6) is 0 Å². The highest BCUT2D eigenvalue weighted by atomic mass is 16.4. The summed E-state index contributed by atoms with van der Waals surface area (Å²) in [5.74, 6) is -1.32. The van der Waals surface area contributed by atoms with Gasteiger partial charge in [-0.25, -0.2) is 0 Å². The van der Waals surface area contributed by atoms with Gasteiger partial charge in [-0.15, -0.1) is 0 Å². The molecule has 0 saturated carbocycles. The van der Waals surface area contributed by atoms with Crippen LogP contribution in [0.4, 0.5) is 0 Å². The van der Waals surface area contributed by atoms with Gasteiger partial charge >= 0.3 is 5.97 Å². The van der Waals surface area contributed by atoms with Gasteiger partial charge in [-0.05, 0) is 31.9 Å². The SMILES string of the molecule is CC1(C(=O)O)CCCN(C(=O)c2ccc[nH]c2=O)C1. The lowest BCUT2D eigenvalue weighted by molar-refractivity contribution is -0.150. The fourth-order valence-corrected chi connectivity index (χ4v) is 2.35. The Bertz CT molecular complexity index is 566. The third-order valence-electron chi connectivity index (χ3n) is 3.55. The highest BCUT2D eigenvalue weighted by Crippen LogP contribution is 2.30. The number of carbonyl (C=O) groups excluding carboxylic acids is 1. The minimum Gasteiger partial charge on any atom is -0.481 e. The van der Waals surface area contributed by atoms with E-state index in [1.165, 1.54) is 17.2 Å². The van der Waals surface area contributed by atoms with Gasteiger partial charge in [0.15, 0.2) is 0 Å². The van der Waals surface area contributed by atoms with Crippen LogP contribution in [0.1, 0.15) is 30.1 Å². The fourth-order valence-electron chi connectivity index (χ4n) is 2.35. The van der Waals surface area contributed by atoms with E-state index in [0.29, 0.717) is 19.4 Å². The van der Waals surface area contributed by atoms with E-state index < -0.39 is 22.9 Å². The minimum absolute atomic E-state index is 0.0529. The molecule has 1 aliphatic rings. The molecule has 1 saturated heterocycles. The molecule has 1 atom stereocenters. The Morgan fingerprint density at radius 3 is 2.84 bits per heavy atom. The van der Waals surface area contributed by atoms with E-state index in [9.17, 15) is 19.5 Å². The van der Waals surface area contributed by atoms with Crippen molar-refractivity contribution in [3.05, 3.63) is 34.2 Å². The summed E-state index contributed by atoms with van der Waals surface area (Å²) < 4.78 is 0. The standard InChI is InChI=1S/C13H16N2O4/c1-13(12(18)19)5-3-7-15(8-13)11(17)9-4-2-6-14-10(9)16/h2,4,6H,3,5,7-8H2,1H3,(H,14,16)(H,18,19). The van der Waals surface area contributed by atoms with Crippen LogP contribution in [0, 0.1) is 5.41 Å². The van der Waals surface area contributed by atoms with Crippen LogP contribution in [-0.4, -0.2) is 40.0 Å². The summed E-state index contributed by atoms with van der Waals surface area (Å²) in [6, 6.07) is 3.03. The van der Waals surface area contributed by atoms with Crippen LogP contribution >= 0.6 is 0 Å². The number of nitrogens with zero attached hydrogens (tertiary/aromatic N) is 1. The zero-order chi connectivity index (χ0) is 14.0. The Morgan fingerprint density at radius 1 is 1.47 bits per heavy atom. The highest BCUT2D eigenvalue weighted by Gasteiger charge is 2.39. The number of hydrogen-bond acceptors (Lipinski definition) is 3. The molecule has 0 radical (unpaired) electrons. The first kappa shape index (κ1) is 13.3. The van der Waals surface area contributed by atoms with E-state index in [4.69, 9.17) is 0 Å². The summed E-state index contributed by atoms with van der Waals surface area (Å²) >= 11 is 0. The minimum atomic E-state index is -0.935. The van der Waals surface area contributed by atoms with Crippen LogP contribution in [0.25, 0.3) is 0 Å². The number of carboxylic acids is 1. The predicted octanol–water partition coefficient (Wildman–Crippen LogP) is 0.702. The largest absolute Gasteiger partial charge is 0.481 e. The average Bonchev–Trinajstić information content (AvgIpc) is 2.38. The van der Waals surface area contributed by atoms with E-state index >= 15 is 0 Å². The molecule has 2 rings (SSSR count). The lowest BCUT2D eigenvalue weighted by Crippen LogP contribution is -2.49. The number of amides is 1. The van der Waals surface area contributed by atoms with Crippen molar-refractivity contribution in [2.24, 2.45) is 5.41 Å². The number of aromatic nitrogens is 1. The van der Waals surface area contributed by atoms with E-state index in [2.05, 4.69) is 4.98 Å². The summed E-state index contributed by atoms with van der Waals surface area (Å²) in [6.45, 7) is 2.25.